The molecule has 2 heterocycles. The van der Waals surface area contributed by atoms with Crippen molar-refractivity contribution in [3.8, 4) is 5.95 Å². The van der Waals surface area contributed by atoms with E-state index in [0.29, 0.717) is 22.1 Å². The van der Waals surface area contributed by atoms with Crippen molar-refractivity contribution in [3.63, 3.8) is 0 Å². The summed E-state index contributed by atoms with van der Waals surface area (Å²) in [6.45, 7) is 7.12. The molecule has 0 saturated carbocycles. The van der Waals surface area contributed by atoms with Gasteiger partial charge in [-0.3, -0.25) is 4.79 Å². The van der Waals surface area contributed by atoms with E-state index in [-0.39, 0.29) is 34.5 Å². The first kappa shape index (κ1) is 21.7. The van der Waals surface area contributed by atoms with Gasteiger partial charge in [-0.05, 0) is 52.0 Å². The molecular formula is C20H19Cl2N5O3. The molecule has 1 N–H and O–H groups in total. The highest BCUT2D eigenvalue weighted by Crippen LogP contribution is 2.26. The fourth-order valence-corrected chi connectivity index (χ4v) is 3.38. The lowest BCUT2D eigenvalue weighted by Crippen LogP contribution is -2.19. The Kier molecular flexibility index (Phi) is 6.38. The Morgan fingerprint density at radius 2 is 1.77 bits per heavy atom. The topological polar surface area (TPSA) is 99.0 Å². The molecule has 0 saturated heterocycles. The van der Waals surface area contributed by atoms with Gasteiger partial charge in [0.05, 0.1) is 22.9 Å². The highest BCUT2D eigenvalue weighted by molar-refractivity contribution is 6.37. The number of rotatable bonds is 5. The standard InChI is InChI=1S/C20H19Cl2N5O3/c1-5-30-19(29)16-12(4)26-27(20-23-10(2)8-11(3)24-20)17(16)25-18(28)14-7-6-13(21)9-15(14)22/h6-9H,5H2,1-4H3,(H,25,28). The van der Waals surface area contributed by atoms with Gasteiger partial charge in [0.1, 0.15) is 5.56 Å². The quantitative estimate of drug-likeness (QED) is 0.584. The average molecular weight is 448 g/mol. The number of carbonyl (C=O) groups excluding carboxylic acids is 2. The second kappa shape index (κ2) is 8.81. The summed E-state index contributed by atoms with van der Waals surface area (Å²) < 4.78 is 6.45. The summed E-state index contributed by atoms with van der Waals surface area (Å²) in [6, 6.07) is 6.30. The number of nitrogens with one attached hydrogen (secondary N) is 1. The predicted molar refractivity (Wildman–Crippen MR) is 114 cm³/mol. The minimum Gasteiger partial charge on any atom is -0.462 e. The van der Waals surface area contributed by atoms with Crippen molar-refractivity contribution < 1.29 is 14.3 Å². The zero-order chi connectivity index (χ0) is 22.0. The molecule has 3 aromatic rings. The van der Waals surface area contributed by atoms with Crippen LogP contribution in [0.2, 0.25) is 10.0 Å². The van der Waals surface area contributed by atoms with Crippen molar-refractivity contribution in [3.05, 3.63) is 62.5 Å². The minimum atomic E-state index is -0.622. The van der Waals surface area contributed by atoms with E-state index in [1.54, 1.807) is 26.0 Å². The van der Waals surface area contributed by atoms with Gasteiger partial charge in [-0.15, -0.1) is 0 Å². The van der Waals surface area contributed by atoms with Gasteiger partial charge in [0.15, 0.2) is 5.82 Å². The van der Waals surface area contributed by atoms with Crippen molar-refractivity contribution in [2.75, 3.05) is 11.9 Å². The number of anilines is 1. The van der Waals surface area contributed by atoms with Crippen LogP contribution in [0, 0.1) is 20.8 Å². The van der Waals surface area contributed by atoms with Crippen molar-refractivity contribution in [2.24, 2.45) is 0 Å². The Hall–Kier alpha value is -2.97. The van der Waals surface area contributed by atoms with Crippen LogP contribution in [0.5, 0.6) is 0 Å². The third-order valence-electron chi connectivity index (χ3n) is 4.11. The molecule has 10 heteroatoms. The number of esters is 1. The van der Waals surface area contributed by atoms with Gasteiger partial charge in [-0.1, -0.05) is 23.2 Å². The minimum absolute atomic E-state index is 0.0898. The monoisotopic (exact) mass is 447 g/mol. The summed E-state index contributed by atoms with van der Waals surface area (Å²) in [6.07, 6.45) is 0. The molecule has 0 fully saturated rings. The molecule has 2 aromatic heterocycles. The first-order chi connectivity index (χ1) is 14.2. The Bertz CT molecular complexity index is 1120. The van der Waals surface area contributed by atoms with Gasteiger partial charge < -0.3 is 10.1 Å². The average Bonchev–Trinajstić information content (AvgIpc) is 2.97. The molecule has 0 unspecified atom stereocenters. The van der Waals surface area contributed by atoms with Crippen LogP contribution in [0.15, 0.2) is 24.3 Å². The summed E-state index contributed by atoms with van der Waals surface area (Å²) in [7, 11) is 0. The smallest absolute Gasteiger partial charge is 0.343 e. The molecule has 1 aromatic carbocycles. The van der Waals surface area contributed by atoms with Crippen molar-refractivity contribution in [2.45, 2.75) is 27.7 Å². The van der Waals surface area contributed by atoms with Crippen LogP contribution in [0.4, 0.5) is 5.82 Å². The molecule has 8 nitrogen and oxygen atoms in total. The number of nitrogens with zero attached hydrogens (tertiary/aromatic N) is 4. The van der Waals surface area contributed by atoms with E-state index >= 15 is 0 Å². The van der Waals surface area contributed by atoms with Crippen LogP contribution >= 0.6 is 23.2 Å². The molecule has 0 aliphatic carbocycles. The number of hydrogen-bond donors (Lipinski definition) is 1. The van der Waals surface area contributed by atoms with Gasteiger partial charge in [-0.2, -0.15) is 9.78 Å². The molecule has 1 amide bonds. The molecule has 0 atom stereocenters. The summed E-state index contributed by atoms with van der Waals surface area (Å²) in [5, 5.41) is 7.64. The lowest BCUT2D eigenvalue weighted by Gasteiger charge is -2.11. The molecule has 30 heavy (non-hydrogen) atoms. The first-order valence-corrected chi connectivity index (χ1v) is 9.82. The number of halogens is 2. The Morgan fingerprint density at radius 3 is 2.37 bits per heavy atom. The van der Waals surface area contributed by atoms with Crippen molar-refractivity contribution in [1.82, 2.24) is 19.7 Å². The maximum atomic E-state index is 12.9. The Balaban J connectivity index is 2.14. The van der Waals surface area contributed by atoms with E-state index in [2.05, 4.69) is 20.4 Å². The molecule has 0 aliphatic heterocycles. The number of amides is 1. The lowest BCUT2D eigenvalue weighted by atomic mass is 10.2. The number of benzene rings is 1. The number of aromatic nitrogens is 4. The van der Waals surface area contributed by atoms with Gasteiger partial charge >= 0.3 is 5.97 Å². The van der Waals surface area contributed by atoms with E-state index in [4.69, 9.17) is 27.9 Å². The van der Waals surface area contributed by atoms with Gasteiger partial charge in [0.25, 0.3) is 11.9 Å². The molecule has 156 valence electrons. The first-order valence-electron chi connectivity index (χ1n) is 9.07. The Morgan fingerprint density at radius 1 is 1.10 bits per heavy atom. The third kappa shape index (κ3) is 4.44. The second-order valence-corrected chi connectivity index (χ2v) is 7.31. The van der Waals surface area contributed by atoms with E-state index in [9.17, 15) is 9.59 Å². The summed E-state index contributed by atoms with van der Waals surface area (Å²) in [4.78, 5) is 34.3. The van der Waals surface area contributed by atoms with E-state index in [1.807, 2.05) is 13.8 Å². The maximum Gasteiger partial charge on any atom is 0.343 e. The highest BCUT2D eigenvalue weighted by Gasteiger charge is 2.27. The number of carbonyl (C=O) groups is 2. The summed E-state index contributed by atoms with van der Waals surface area (Å²) in [5.74, 6) is -0.869. The van der Waals surface area contributed by atoms with Crippen LogP contribution in [0.3, 0.4) is 0 Å². The molecule has 0 radical (unpaired) electrons. The van der Waals surface area contributed by atoms with Crippen LogP contribution in [-0.2, 0) is 4.74 Å². The van der Waals surface area contributed by atoms with Gasteiger partial charge in [0, 0.05) is 16.4 Å². The third-order valence-corrected chi connectivity index (χ3v) is 4.66. The SMILES string of the molecule is CCOC(=O)c1c(C)nn(-c2nc(C)cc(C)n2)c1NC(=O)c1ccc(Cl)cc1Cl. The van der Waals surface area contributed by atoms with Gasteiger partial charge in [-0.25, -0.2) is 14.8 Å². The Labute approximate surface area is 183 Å². The number of aryl methyl sites for hydroxylation is 3. The van der Waals surface area contributed by atoms with E-state index < -0.39 is 11.9 Å². The summed E-state index contributed by atoms with van der Waals surface area (Å²) in [5.41, 5.74) is 2.07. The van der Waals surface area contributed by atoms with Crippen molar-refractivity contribution >= 4 is 40.9 Å². The summed E-state index contributed by atoms with van der Waals surface area (Å²) >= 11 is 12.1. The molecular weight excluding hydrogens is 429 g/mol. The van der Waals surface area contributed by atoms with Crippen LogP contribution in [-0.4, -0.2) is 38.2 Å². The molecule has 0 bridgehead atoms. The van der Waals surface area contributed by atoms with Crippen molar-refractivity contribution in [1.29, 1.82) is 0 Å². The van der Waals surface area contributed by atoms with Crippen LogP contribution in [0.1, 0.15) is 44.7 Å². The number of hydrogen-bond acceptors (Lipinski definition) is 6. The van der Waals surface area contributed by atoms with E-state index in [0.717, 1.165) is 0 Å². The number of ether oxygens (including phenoxy) is 1. The second-order valence-electron chi connectivity index (χ2n) is 6.47. The fraction of sp³-hybridized carbons (Fsp3) is 0.250. The highest BCUT2D eigenvalue weighted by atomic mass is 35.5. The predicted octanol–water partition coefficient (Wildman–Crippen LogP) is 4.32. The van der Waals surface area contributed by atoms with E-state index in [1.165, 1.54) is 16.8 Å². The molecule has 0 spiro atoms. The van der Waals surface area contributed by atoms with Crippen LogP contribution < -0.4 is 5.32 Å². The van der Waals surface area contributed by atoms with Gasteiger partial charge in [0.2, 0.25) is 0 Å². The largest absolute Gasteiger partial charge is 0.462 e. The molecule has 3 rings (SSSR count). The maximum absolute atomic E-state index is 12.9. The fourth-order valence-electron chi connectivity index (χ4n) is 2.89. The normalized spacial score (nSPS) is 10.7. The van der Waals surface area contributed by atoms with Crippen LogP contribution in [0.25, 0.3) is 5.95 Å². The zero-order valence-electron chi connectivity index (χ0n) is 16.8. The zero-order valence-corrected chi connectivity index (χ0v) is 18.3. The lowest BCUT2D eigenvalue weighted by molar-refractivity contribution is 0.0527. The molecule has 0 aliphatic rings.